The van der Waals surface area contributed by atoms with Crippen LogP contribution in [0.5, 0.6) is 0 Å². The fourth-order valence-electron chi connectivity index (χ4n) is 2.87. The van der Waals surface area contributed by atoms with E-state index in [-0.39, 0.29) is 0 Å². The van der Waals surface area contributed by atoms with Gasteiger partial charge in [-0.15, -0.1) is 0 Å². The molecular weight excluding hydrogens is 194 g/mol. The van der Waals surface area contributed by atoms with E-state index < -0.39 is 0 Å². The number of anilines is 1. The lowest BCUT2D eigenvalue weighted by Gasteiger charge is -2.25. The van der Waals surface area contributed by atoms with Gasteiger partial charge in [0, 0.05) is 5.69 Å². The first-order valence-corrected chi connectivity index (χ1v) is 6.58. The maximum Gasteiger partial charge on any atom is 0.0384 e. The van der Waals surface area contributed by atoms with Crippen molar-refractivity contribution in [3.05, 3.63) is 29.3 Å². The number of para-hydroxylation sites is 1. The second kappa shape index (κ2) is 4.90. The Kier molecular flexibility index (Phi) is 3.52. The van der Waals surface area contributed by atoms with E-state index in [2.05, 4.69) is 32.0 Å². The predicted molar refractivity (Wildman–Crippen MR) is 70.8 cm³/mol. The molecule has 88 valence electrons. The summed E-state index contributed by atoms with van der Waals surface area (Å²) in [5, 5.41) is 0. The maximum absolute atomic E-state index is 6.32. The Labute approximate surface area is 99.0 Å². The second-order valence-corrected chi connectivity index (χ2v) is 5.34. The van der Waals surface area contributed by atoms with E-state index >= 15 is 0 Å². The zero-order chi connectivity index (χ0) is 11.5. The van der Waals surface area contributed by atoms with Crippen LogP contribution in [0.2, 0.25) is 0 Å². The number of nitrogen functional groups attached to an aromatic ring is 1. The molecule has 1 saturated carbocycles. The van der Waals surface area contributed by atoms with Gasteiger partial charge in [-0.05, 0) is 35.8 Å². The van der Waals surface area contributed by atoms with E-state index in [1.54, 1.807) is 0 Å². The van der Waals surface area contributed by atoms with Gasteiger partial charge in [-0.25, -0.2) is 0 Å². The molecule has 0 aromatic heterocycles. The Morgan fingerprint density at radius 1 is 1.12 bits per heavy atom. The number of benzene rings is 1. The first-order valence-electron chi connectivity index (χ1n) is 6.58. The van der Waals surface area contributed by atoms with E-state index in [0.29, 0.717) is 11.8 Å². The van der Waals surface area contributed by atoms with Gasteiger partial charge in [0.15, 0.2) is 0 Å². The van der Waals surface area contributed by atoms with E-state index in [1.165, 1.54) is 43.2 Å². The topological polar surface area (TPSA) is 26.0 Å². The van der Waals surface area contributed by atoms with Crippen molar-refractivity contribution in [3.63, 3.8) is 0 Å². The normalized spacial score (nSPS) is 17.9. The summed E-state index contributed by atoms with van der Waals surface area (Å²) in [4.78, 5) is 0. The lowest BCUT2D eigenvalue weighted by molar-refractivity contribution is 0.444. The quantitative estimate of drug-likeness (QED) is 0.728. The highest BCUT2D eigenvalue weighted by Gasteiger charge is 2.19. The smallest absolute Gasteiger partial charge is 0.0384 e. The number of rotatable bonds is 2. The highest BCUT2D eigenvalue weighted by molar-refractivity contribution is 5.56. The van der Waals surface area contributed by atoms with Crippen molar-refractivity contribution >= 4 is 5.69 Å². The van der Waals surface area contributed by atoms with Crippen LogP contribution in [0.15, 0.2) is 18.2 Å². The Morgan fingerprint density at radius 2 is 1.81 bits per heavy atom. The molecule has 16 heavy (non-hydrogen) atoms. The van der Waals surface area contributed by atoms with E-state index in [1.807, 2.05) is 0 Å². The van der Waals surface area contributed by atoms with Gasteiger partial charge in [0.05, 0.1) is 0 Å². The van der Waals surface area contributed by atoms with Crippen molar-refractivity contribution in [3.8, 4) is 0 Å². The Hall–Kier alpha value is -0.980. The number of nitrogens with two attached hydrogens (primary N) is 1. The maximum atomic E-state index is 6.32. The minimum absolute atomic E-state index is 0.531. The van der Waals surface area contributed by atoms with E-state index in [0.717, 1.165) is 5.69 Å². The van der Waals surface area contributed by atoms with Gasteiger partial charge in [0.2, 0.25) is 0 Å². The average Bonchev–Trinajstić information content (AvgIpc) is 2.30. The number of hydrogen-bond donors (Lipinski definition) is 1. The molecule has 1 heteroatoms. The second-order valence-electron chi connectivity index (χ2n) is 5.34. The summed E-state index contributed by atoms with van der Waals surface area (Å²) in [7, 11) is 0. The standard InChI is InChI=1S/C15H23N/c1-11(2)13-9-6-10-14(15(13)16)12-7-4-3-5-8-12/h6,9-12H,3-5,7-8,16H2,1-2H3. The van der Waals surface area contributed by atoms with Crippen LogP contribution in [-0.2, 0) is 0 Å². The molecule has 0 bridgehead atoms. The van der Waals surface area contributed by atoms with Crippen LogP contribution < -0.4 is 5.73 Å². The molecule has 1 nitrogen and oxygen atoms in total. The molecule has 0 radical (unpaired) electrons. The van der Waals surface area contributed by atoms with Gasteiger partial charge in [-0.3, -0.25) is 0 Å². The fraction of sp³-hybridized carbons (Fsp3) is 0.600. The summed E-state index contributed by atoms with van der Waals surface area (Å²) in [6.45, 7) is 4.44. The van der Waals surface area contributed by atoms with Crippen LogP contribution in [0.25, 0.3) is 0 Å². The molecule has 1 aliphatic carbocycles. The van der Waals surface area contributed by atoms with Crippen molar-refractivity contribution in [2.45, 2.75) is 57.8 Å². The molecule has 0 amide bonds. The molecular formula is C15H23N. The molecule has 0 unspecified atom stereocenters. The van der Waals surface area contributed by atoms with Gasteiger partial charge in [-0.2, -0.15) is 0 Å². The molecule has 0 aliphatic heterocycles. The van der Waals surface area contributed by atoms with Crippen LogP contribution in [-0.4, -0.2) is 0 Å². The molecule has 1 aliphatic rings. The van der Waals surface area contributed by atoms with Crippen LogP contribution in [0, 0.1) is 0 Å². The first-order chi connectivity index (χ1) is 7.70. The molecule has 0 atom stereocenters. The van der Waals surface area contributed by atoms with Gasteiger partial charge in [0.1, 0.15) is 0 Å². The Balaban J connectivity index is 2.29. The van der Waals surface area contributed by atoms with Crippen LogP contribution in [0.1, 0.15) is 68.9 Å². The van der Waals surface area contributed by atoms with Crippen LogP contribution in [0.4, 0.5) is 5.69 Å². The van der Waals surface area contributed by atoms with Crippen molar-refractivity contribution in [1.29, 1.82) is 0 Å². The minimum Gasteiger partial charge on any atom is -0.398 e. The SMILES string of the molecule is CC(C)c1cccc(C2CCCCC2)c1N. The van der Waals surface area contributed by atoms with Gasteiger partial charge < -0.3 is 5.73 Å². The molecule has 0 saturated heterocycles. The number of hydrogen-bond acceptors (Lipinski definition) is 1. The summed E-state index contributed by atoms with van der Waals surface area (Å²) in [6, 6.07) is 6.58. The summed E-state index contributed by atoms with van der Waals surface area (Å²) >= 11 is 0. The van der Waals surface area contributed by atoms with Crippen molar-refractivity contribution in [2.24, 2.45) is 0 Å². The van der Waals surface area contributed by atoms with Gasteiger partial charge >= 0.3 is 0 Å². The Bertz CT molecular complexity index is 348. The largest absolute Gasteiger partial charge is 0.398 e. The predicted octanol–water partition coefficient (Wildman–Crippen LogP) is 4.44. The van der Waals surface area contributed by atoms with Crippen molar-refractivity contribution in [2.75, 3.05) is 5.73 Å². The van der Waals surface area contributed by atoms with E-state index in [4.69, 9.17) is 5.73 Å². The summed E-state index contributed by atoms with van der Waals surface area (Å²) < 4.78 is 0. The molecule has 0 spiro atoms. The third-order valence-electron chi connectivity index (χ3n) is 3.84. The average molecular weight is 217 g/mol. The monoisotopic (exact) mass is 217 g/mol. The third kappa shape index (κ3) is 2.23. The molecule has 1 aromatic carbocycles. The molecule has 2 N–H and O–H groups in total. The van der Waals surface area contributed by atoms with Crippen LogP contribution >= 0.6 is 0 Å². The first kappa shape index (κ1) is 11.5. The van der Waals surface area contributed by atoms with Crippen LogP contribution in [0.3, 0.4) is 0 Å². The zero-order valence-corrected chi connectivity index (χ0v) is 10.5. The van der Waals surface area contributed by atoms with Crippen molar-refractivity contribution < 1.29 is 0 Å². The Morgan fingerprint density at radius 3 is 2.44 bits per heavy atom. The summed E-state index contributed by atoms with van der Waals surface area (Å²) in [5.41, 5.74) is 10.1. The highest BCUT2D eigenvalue weighted by atomic mass is 14.6. The third-order valence-corrected chi connectivity index (χ3v) is 3.84. The lowest BCUT2D eigenvalue weighted by atomic mass is 9.82. The van der Waals surface area contributed by atoms with E-state index in [9.17, 15) is 0 Å². The van der Waals surface area contributed by atoms with Crippen molar-refractivity contribution in [1.82, 2.24) is 0 Å². The summed E-state index contributed by atoms with van der Waals surface area (Å²) in [6.07, 6.45) is 6.80. The molecule has 2 rings (SSSR count). The highest BCUT2D eigenvalue weighted by Crippen LogP contribution is 2.37. The minimum atomic E-state index is 0.531. The van der Waals surface area contributed by atoms with Gasteiger partial charge in [-0.1, -0.05) is 51.3 Å². The lowest BCUT2D eigenvalue weighted by Crippen LogP contribution is -2.09. The summed E-state index contributed by atoms with van der Waals surface area (Å²) in [5.74, 6) is 1.25. The zero-order valence-electron chi connectivity index (χ0n) is 10.5. The molecule has 1 aromatic rings. The fourth-order valence-corrected chi connectivity index (χ4v) is 2.87. The van der Waals surface area contributed by atoms with Gasteiger partial charge in [0.25, 0.3) is 0 Å². The molecule has 0 heterocycles. The molecule has 1 fully saturated rings.